The molecule has 0 bridgehead atoms. The van der Waals surface area contributed by atoms with Crippen LogP contribution >= 0.6 is 0 Å². The molecule has 0 radical (unpaired) electrons. The number of nitrogens with zero attached hydrogens (tertiary/aromatic N) is 1. The van der Waals surface area contributed by atoms with E-state index < -0.39 is 0 Å². The lowest BCUT2D eigenvalue weighted by atomic mass is 9.76. The predicted octanol–water partition coefficient (Wildman–Crippen LogP) is 6.21. The minimum atomic E-state index is 0.355. The van der Waals surface area contributed by atoms with Crippen molar-refractivity contribution < 1.29 is 9.28 Å². The molecule has 1 unspecified atom stereocenters. The fourth-order valence-corrected chi connectivity index (χ4v) is 6.70. The van der Waals surface area contributed by atoms with Gasteiger partial charge in [-0.25, -0.2) is 0 Å². The Balaban J connectivity index is 1.49. The molecule has 0 aromatic carbocycles. The van der Waals surface area contributed by atoms with Gasteiger partial charge in [-0.3, -0.25) is 4.79 Å². The van der Waals surface area contributed by atoms with Crippen molar-refractivity contribution in [2.75, 3.05) is 19.6 Å². The van der Waals surface area contributed by atoms with E-state index in [1.54, 1.807) is 0 Å². The van der Waals surface area contributed by atoms with Gasteiger partial charge in [0, 0.05) is 12.5 Å². The molecule has 1 N–H and O–H groups in total. The number of rotatable bonds is 4. The Bertz CT molecular complexity index is 491. The zero-order valence-corrected chi connectivity index (χ0v) is 19.8. The largest absolute Gasteiger partial charge is 0.353 e. The van der Waals surface area contributed by atoms with Gasteiger partial charge >= 0.3 is 0 Å². The molecular weight excluding hydrogens is 356 g/mol. The topological polar surface area (TPSA) is 29.1 Å². The van der Waals surface area contributed by atoms with E-state index in [1.807, 2.05) is 0 Å². The molecule has 0 aromatic heterocycles. The Morgan fingerprint density at radius 3 is 1.93 bits per heavy atom. The van der Waals surface area contributed by atoms with Crippen LogP contribution in [0.5, 0.6) is 0 Å². The van der Waals surface area contributed by atoms with Gasteiger partial charge in [-0.15, -0.1) is 0 Å². The van der Waals surface area contributed by atoms with E-state index in [0.717, 1.165) is 12.3 Å². The third-order valence-electron chi connectivity index (χ3n) is 8.16. The lowest BCUT2D eigenvalue weighted by Crippen LogP contribution is -2.60. The summed E-state index contributed by atoms with van der Waals surface area (Å²) in [5.74, 6) is 1.22. The molecule has 3 aliphatic rings. The molecule has 3 fully saturated rings. The van der Waals surface area contributed by atoms with E-state index in [2.05, 4.69) is 26.1 Å². The van der Waals surface area contributed by atoms with Crippen LogP contribution < -0.4 is 5.32 Å². The van der Waals surface area contributed by atoms with Crippen molar-refractivity contribution in [3.8, 4) is 0 Å². The van der Waals surface area contributed by atoms with Gasteiger partial charge in [-0.2, -0.15) is 0 Å². The van der Waals surface area contributed by atoms with Crippen LogP contribution in [0.2, 0.25) is 0 Å². The van der Waals surface area contributed by atoms with E-state index in [0.29, 0.717) is 23.4 Å². The molecule has 2 heterocycles. The van der Waals surface area contributed by atoms with Crippen LogP contribution in [0.3, 0.4) is 0 Å². The van der Waals surface area contributed by atoms with Crippen LogP contribution in [0.1, 0.15) is 117 Å². The molecular formula is C26H49N2O+. The first-order valence-corrected chi connectivity index (χ1v) is 13.0. The number of piperidine rings is 1. The van der Waals surface area contributed by atoms with Crippen LogP contribution in [-0.4, -0.2) is 42.1 Å². The monoisotopic (exact) mass is 405 g/mol. The first-order valence-electron chi connectivity index (χ1n) is 13.0. The van der Waals surface area contributed by atoms with Crippen molar-refractivity contribution in [2.24, 2.45) is 11.3 Å². The lowest BCUT2D eigenvalue weighted by Gasteiger charge is -2.48. The van der Waals surface area contributed by atoms with Gasteiger partial charge in [-0.1, -0.05) is 33.6 Å². The minimum Gasteiger partial charge on any atom is -0.353 e. The maximum absolute atomic E-state index is 13.0. The Labute approximate surface area is 181 Å². The van der Waals surface area contributed by atoms with Crippen molar-refractivity contribution in [3.63, 3.8) is 0 Å². The molecule has 2 aliphatic heterocycles. The van der Waals surface area contributed by atoms with Crippen LogP contribution in [0.15, 0.2) is 0 Å². The summed E-state index contributed by atoms with van der Waals surface area (Å²) in [6.45, 7) is 11.1. The van der Waals surface area contributed by atoms with Gasteiger partial charge < -0.3 is 9.80 Å². The Morgan fingerprint density at radius 2 is 1.34 bits per heavy atom. The van der Waals surface area contributed by atoms with E-state index in [-0.39, 0.29) is 0 Å². The highest BCUT2D eigenvalue weighted by Crippen LogP contribution is 2.35. The third-order valence-corrected chi connectivity index (χ3v) is 8.16. The van der Waals surface area contributed by atoms with E-state index in [1.165, 1.54) is 114 Å². The molecule has 29 heavy (non-hydrogen) atoms. The van der Waals surface area contributed by atoms with Crippen LogP contribution in [0.4, 0.5) is 0 Å². The van der Waals surface area contributed by atoms with Crippen molar-refractivity contribution in [2.45, 2.75) is 129 Å². The van der Waals surface area contributed by atoms with Crippen molar-refractivity contribution in [1.82, 2.24) is 5.32 Å². The van der Waals surface area contributed by atoms with E-state index >= 15 is 0 Å². The molecule has 3 rings (SSSR count). The third kappa shape index (κ3) is 7.26. The van der Waals surface area contributed by atoms with Crippen LogP contribution in [0, 0.1) is 11.3 Å². The average Bonchev–Trinajstić information content (AvgIpc) is 2.77. The van der Waals surface area contributed by atoms with Crippen LogP contribution in [-0.2, 0) is 4.79 Å². The summed E-state index contributed by atoms with van der Waals surface area (Å²) in [5, 5.41) is 3.46. The second kappa shape index (κ2) is 10.6. The smallest absolute Gasteiger partial charge is 0.226 e. The highest BCUT2D eigenvalue weighted by molar-refractivity contribution is 5.76. The summed E-state index contributed by atoms with van der Waals surface area (Å²) in [4.78, 5) is 13.0. The number of carbonyl (C=O) groups is 1. The average molecular weight is 406 g/mol. The Kier molecular flexibility index (Phi) is 8.48. The fourth-order valence-electron chi connectivity index (χ4n) is 6.70. The highest BCUT2D eigenvalue weighted by atomic mass is 16.1. The number of amides is 1. The number of carbonyl (C=O) groups excluding carboxylic acids is 1. The maximum Gasteiger partial charge on any atom is 0.226 e. The molecule has 1 atom stereocenters. The van der Waals surface area contributed by atoms with Gasteiger partial charge in [0.2, 0.25) is 5.91 Å². The van der Waals surface area contributed by atoms with Gasteiger partial charge in [0.25, 0.3) is 0 Å². The van der Waals surface area contributed by atoms with Crippen LogP contribution in [0.25, 0.3) is 0 Å². The summed E-state index contributed by atoms with van der Waals surface area (Å²) >= 11 is 0. The second-order valence-corrected chi connectivity index (χ2v) is 11.9. The van der Waals surface area contributed by atoms with Gasteiger partial charge in [-0.05, 0) is 82.0 Å². The minimum absolute atomic E-state index is 0.355. The standard InChI is InChI=1S/C26H48N2O/c1-26(2,3)21-22-13-15-23(16-14-22)27-25(29)20-24-12-8-11-19-28(24)17-9-6-4-5-7-10-18-28/h22-24H,4-21H2,1-3H3/p+1. The summed E-state index contributed by atoms with van der Waals surface area (Å²) in [7, 11) is 0. The highest BCUT2D eigenvalue weighted by Gasteiger charge is 2.40. The number of quaternary nitrogens is 1. The number of hydrogen-bond acceptors (Lipinski definition) is 1. The summed E-state index contributed by atoms with van der Waals surface area (Å²) < 4.78 is 1.27. The molecule has 1 aliphatic carbocycles. The first-order chi connectivity index (χ1) is 13.9. The van der Waals surface area contributed by atoms with Crippen molar-refractivity contribution >= 4 is 5.91 Å². The van der Waals surface area contributed by atoms with Crippen molar-refractivity contribution in [1.29, 1.82) is 0 Å². The maximum atomic E-state index is 13.0. The molecule has 2 saturated heterocycles. The zero-order chi connectivity index (χ0) is 20.7. The molecule has 3 nitrogen and oxygen atoms in total. The van der Waals surface area contributed by atoms with E-state index in [9.17, 15) is 4.79 Å². The molecule has 168 valence electrons. The summed E-state index contributed by atoms with van der Waals surface area (Å²) in [6.07, 6.45) is 19.4. The number of hydrogen-bond donors (Lipinski definition) is 1. The lowest BCUT2D eigenvalue weighted by molar-refractivity contribution is -0.955. The normalized spacial score (nSPS) is 31.5. The molecule has 3 heteroatoms. The molecule has 1 spiro atoms. The second-order valence-electron chi connectivity index (χ2n) is 11.9. The fraction of sp³-hybridized carbons (Fsp3) is 0.962. The summed E-state index contributed by atoms with van der Waals surface area (Å²) in [5.41, 5.74) is 0.435. The number of nitrogens with one attached hydrogen (secondary N) is 1. The zero-order valence-electron chi connectivity index (χ0n) is 19.8. The van der Waals surface area contributed by atoms with Gasteiger partial charge in [0.1, 0.15) is 0 Å². The first kappa shape index (κ1) is 23.1. The van der Waals surface area contributed by atoms with Crippen molar-refractivity contribution in [3.05, 3.63) is 0 Å². The SMILES string of the molecule is CC(C)(C)CC1CCC(NC(=O)CC2CCCC[N+]23CCCCCCCC3)CC1. The van der Waals surface area contributed by atoms with Gasteiger partial charge in [0.05, 0.1) is 32.1 Å². The predicted molar refractivity (Wildman–Crippen MR) is 123 cm³/mol. The van der Waals surface area contributed by atoms with E-state index in [4.69, 9.17) is 0 Å². The molecule has 0 aromatic rings. The Morgan fingerprint density at radius 1 is 0.793 bits per heavy atom. The molecule has 1 saturated carbocycles. The van der Waals surface area contributed by atoms with Gasteiger partial charge in [0.15, 0.2) is 0 Å². The molecule has 1 amide bonds. The quantitative estimate of drug-likeness (QED) is 0.553. The summed E-state index contributed by atoms with van der Waals surface area (Å²) in [6, 6.07) is 1.02. The Hall–Kier alpha value is -0.570.